The fourth-order valence-corrected chi connectivity index (χ4v) is 4.19. The number of rotatable bonds is 7. The lowest BCUT2D eigenvalue weighted by molar-refractivity contribution is 0.566. The van der Waals surface area contributed by atoms with Crippen LogP contribution in [0.5, 0.6) is 0 Å². The number of para-hydroxylation sites is 1. The molecule has 2 N–H and O–H groups in total. The van der Waals surface area contributed by atoms with Crippen LogP contribution in [-0.2, 0) is 16.3 Å². The second-order valence-corrected chi connectivity index (χ2v) is 9.50. The van der Waals surface area contributed by atoms with Crippen LogP contribution >= 0.6 is 24.0 Å². The first kappa shape index (κ1) is 24.5. The molecule has 6 nitrogen and oxygen atoms in total. The highest BCUT2D eigenvalue weighted by molar-refractivity contribution is 14.0. The van der Waals surface area contributed by atoms with Gasteiger partial charge in [0, 0.05) is 45.2 Å². The molecule has 0 spiro atoms. The van der Waals surface area contributed by atoms with Crippen molar-refractivity contribution in [3.63, 3.8) is 0 Å². The monoisotopic (exact) mass is 542 g/mol. The first-order valence-corrected chi connectivity index (χ1v) is 11.9. The summed E-state index contributed by atoms with van der Waals surface area (Å²) in [7, 11) is -1.36. The van der Waals surface area contributed by atoms with Gasteiger partial charge in [-0.25, -0.2) is 8.42 Å². The van der Waals surface area contributed by atoms with Gasteiger partial charge in [0.25, 0.3) is 0 Å². The Morgan fingerprint density at radius 3 is 2.43 bits per heavy atom. The molecule has 0 saturated carbocycles. The third-order valence-electron chi connectivity index (χ3n) is 5.25. The number of aliphatic imine (C=N–C) groups is 1. The minimum atomic E-state index is -3.14. The Bertz CT molecular complexity index is 918. The summed E-state index contributed by atoms with van der Waals surface area (Å²) in [5.74, 6) is 1.40. The molecular weight excluding hydrogens is 511 g/mol. The van der Waals surface area contributed by atoms with E-state index in [0.717, 1.165) is 44.1 Å². The Morgan fingerprint density at radius 1 is 1.10 bits per heavy atom. The number of nitrogens with zero attached hydrogens (tertiary/aromatic N) is 2. The van der Waals surface area contributed by atoms with Gasteiger partial charge in [0.2, 0.25) is 0 Å². The second-order valence-electron chi connectivity index (χ2n) is 7.48. The highest BCUT2D eigenvalue weighted by Gasteiger charge is 2.22. The maximum atomic E-state index is 11.5. The first-order valence-electron chi connectivity index (χ1n) is 9.99. The fraction of sp³-hybridized carbons (Fsp3) is 0.409. The number of halogens is 1. The van der Waals surface area contributed by atoms with E-state index in [0.29, 0.717) is 10.8 Å². The predicted octanol–water partition coefficient (Wildman–Crippen LogP) is 2.94. The van der Waals surface area contributed by atoms with Crippen molar-refractivity contribution in [1.82, 2.24) is 10.6 Å². The molecule has 0 aromatic heterocycles. The molecule has 1 saturated heterocycles. The lowest BCUT2D eigenvalue weighted by Gasteiger charge is -2.19. The van der Waals surface area contributed by atoms with E-state index in [9.17, 15) is 8.42 Å². The van der Waals surface area contributed by atoms with E-state index in [4.69, 9.17) is 0 Å². The van der Waals surface area contributed by atoms with Crippen molar-refractivity contribution in [3.05, 3.63) is 60.2 Å². The molecule has 1 aliphatic heterocycles. The molecule has 1 atom stereocenters. The third-order valence-corrected chi connectivity index (χ3v) is 6.38. The Kier molecular flexibility index (Phi) is 9.41. The quantitative estimate of drug-likeness (QED) is 0.320. The van der Waals surface area contributed by atoms with Gasteiger partial charge in [-0.15, -0.1) is 24.0 Å². The lowest BCUT2D eigenvalue weighted by atomic mass is 10.1. The molecular formula is C22H31IN4O2S. The average Bonchev–Trinajstić information content (AvgIpc) is 3.20. The second kappa shape index (κ2) is 11.5. The van der Waals surface area contributed by atoms with E-state index in [2.05, 4.69) is 44.8 Å². The Hall–Kier alpha value is -1.81. The van der Waals surface area contributed by atoms with Crippen LogP contribution in [0.3, 0.4) is 0 Å². The number of hydrogen-bond acceptors (Lipinski definition) is 4. The van der Waals surface area contributed by atoms with Gasteiger partial charge in [-0.3, -0.25) is 4.99 Å². The van der Waals surface area contributed by atoms with E-state index in [-0.39, 0.29) is 24.0 Å². The zero-order chi connectivity index (χ0) is 20.7. The maximum absolute atomic E-state index is 11.5. The first-order chi connectivity index (χ1) is 14.0. The average molecular weight is 542 g/mol. The molecule has 1 aliphatic rings. The number of sulfone groups is 1. The predicted molar refractivity (Wildman–Crippen MR) is 135 cm³/mol. The van der Waals surface area contributed by atoms with Crippen molar-refractivity contribution < 1.29 is 8.42 Å². The molecule has 1 heterocycles. The number of guanidine groups is 1. The molecule has 164 valence electrons. The zero-order valence-corrected chi connectivity index (χ0v) is 20.7. The highest BCUT2D eigenvalue weighted by atomic mass is 127. The van der Waals surface area contributed by atoms with E-state index >= 15 is 0 Å². The van der Waals surface area contributed by atoms with Gasteiger partial charge < -0.3 is 15.5 Å². The molecule has 0 radical (unpaired) electrons. The normalized spacial score (nSPS) is 16.8. The topological polar surface area (TPSA) is 73.8 Å². The van der Waals surface area contributed by atoms with Gasteiger partial charge in [-0.2, -0.15) is 0 Å². The van der Waals surface area contributed by atoms with Crippen LogP contribution in [0, 0.1) is 5.92 Å². The van der Waals surface area contributed by atoms with Gasteiger partial charge in [0.05, 0.1) is 4.90 Å². The number of anilines is 1. The summed E-state index contributed by atoms with van der Waals surface area (Å²) in [5, 5.41) is 6.77. The molecule has 0 aliphatic carbocycles. The van der Waals surface area contributed by atoms with Crippen molar-refractivity contribution in [2.45, 2.75) is 17.7 Å². The smallest absolute Gasteiger partial charge is 0.190 e. The Labute approximate surface area is 197 Å². The summed E-state index contributed by atoms with van der Waals surface area (Å²) in [4.78, 5) is 7.09. The summed E-state index contributed by atoms with van der Waals surface area (Å²) in [6.07, 6.45) is 3.20. The number of hydrogen-bond donors (Lipinski definition) is 2. The van der Waals surface area contributed by atoms with E-state index < -0.39 is 9.84 Å². The zero-order valence-electron chi connectivity index (χ0n) is 17.5. The van der Waals surface area contributed by atoms with E-state index in [1.54, 1.807) is 19.2 Å². The van der Waals surface area contributed by atoms with Crippen molar-refractivity contribution in [1.29, 1.82) is 0 Å². The summed E-state index contributed by atoms with van der Waals surface area (Å²) in [5.41, 5.74) is 2.38. The Morgan fingerprint density at radius 2 is 1.80 bits per heavy atom. The fourth-order valence-electron chi connectivity index (χ4n) is 3.56. The summed E-state index contributed by atoms with van der Waals surface area (Å²) < 4.78 is 23.1. The molecule has 2 aromatic rings. The van der Waals surface area contributed by atoms with Crippen molar-refractivity contribution >= 4 is 45.5 Å². The summed E-state index contributed by atoms with van der Waals surface area (Å²) in [6.45, 7) is 3.78. The standard InChI is InChI=1S/C22H30N4O2S.HI/c1-23-22(24-14-12-18-8-10-21(11-9-18)29(2,27)28)25-16-19-13-15-26(17-19)20-6-4-3-5-7-20;/h3-11,19H,12-17H2,1-2H3,(H2,23,24,25);1H. The SMILES string of the molecule is CN=C(NCCc1ccc(S(C)(=O)=O)cc1)NCC1CCN(c2ccccc2)C1.I. The van der Waals surface area contributed by atoms with Crippen LogP contribution in [-0.4, -0.2) is 53.9 Å². The molecule has 2 aromatic carbocycles. The third kappa shape index (κ3) is 7.16. The van der Waals surface area contributed by atoms with Crippen molar-refractivity contribution in [2.75, 3.05) is 44.4 Å². The largest absolute Gasteiger partial charge is 0.371 e. The van der Waals surface area contributed by atoms with Crippen LogP contribution in [0.1, 0.15) is 12.0 Å². The van der Waals surface area contributed by atoms with Gasteiger partial charge in [-0.1, -0.05) is 30.3 Å². The molecule has 30 heavy (non-hydrogen) atoms. The molecule has 1 unspecified atom stereocenters. The Balaban J connectivity index is 0.00000320. The van der Waals surface area contributed by atoms with Crippen LogP contribution in [0.4, 0.5) is 5.69 Å². The van der Waals surface area contributed by atoms with E-state index in [1.807, 2.05) is 18.2 Å². The van der Waals surface area contributed by atoms with Gasteiger partial charge in [0.15, 0.2) is 15.8 Å². The molecule has 0 bridgehead atoms. The van der Waals surface area contributed by atoms with Crippen LogP contribution in [0.15, 0.2) is 64.5 Å². The summed E-state index contributed by atoms with van der Waals surface area (Å²) in [6, 6.07) is 17.6. The summed E-state index contributed by atoms with van der Waals surface area (Å²) >= 11 is 0. The highest BCUT2D eigenvalue weighted by Crippen LogP contribution is 2.22. The molecule has 1 fully saturated rings. The van der Waals surface area contributed by atoms with Crippen LogP contribution in [0.2, 0.25) is 0 Å². The molecule has 3 rings (SSSR count). The maximum Gasteiger partial charge on any atom is 0.190 e. The van der Waals surface area contributed by atoms with E-state index in [1.165, 1.54) is 18.4 Å². The van der Waals surface area contributed by atoms with Crippen molar-refractivity contribution in [3.8, 4) is 0 Å². The van der Waals surface area contributed by atoms with Crippen molar-refractivity contribution in [2.24, 2.45) is 10.9 Å². The van der Waals surface area contributed by atoms with Crippen LogP contribution in [0.25, 0.3) is 0 Å². The molecule has 0 amide bonds. The van der Waals surface area contributed by atoms with Gasteiger partial charge >= 0.3 is 0 Å². The van der Waals surface area contributed by atoms with Gasteiger partial charge in [0.1, 0.15) is 0 Å². The minimum Gasteiger partial charge on any atom is -0.371 e. The van der Waals surface area contributed by atoms with Gasteiger partial charge in [-0.05, 0) is 48.6 Å². The minimum absolute atomic E-state index is 0. The number of benzene rings is 2. The molecule has 8 heteroatoms. The number of nitrogens with one attached hydrogen (secondary N) is 2. The lowest BCUT2D eigenvalue weighted by Crippen LogP contribution is -2.41. The van der Waals surface area contributed by atoms with Crippen LogP contribution < -0.4 is 15.5 Å².